The van der Waals surface area contributed by atoms with Gasteiger partial charge in [-0.2, -0.15) is 0 Å². The number of carbonyl (C=O) groups is 1. The molecular formula is C23H23ClFN5O. The van der Waals surface area contributed by atoms with Crippen LogP contribution in [0.25, 0.3) is 11.4 Å². The second kappa shape index (κ2) is 8.89. The highest BCUT2D eigenvalue weighted by molar-refractivity contribution is 6.30. The fourth-order valence-corrected chi connectivity index (χ4v) is 3.65. The molecule has 6 nitrogen and oxygen atoms in total. The number of carbonyl (C=O) groups excluding carboxylic acids is 1. The van der Waals surface area contributed by atoms with Gasteiger partial charge in [0.25, 0.3) is 0 Å². The number of amides is 2. The summed E-state index contributed by atoms with van der Waals surface area (Å²) in [5.41, 5.74) is 3.01. The number of hydrogen-bond acceptors (Lipinski definition) is 4. The van der Waals surface area contributed by atoms with Crippen molar-refractivity contribution in [2.75, 3.05) is 36.4 Å². The average Bonchev–Trinajstić information content (AvgIpc) is 2.78. The van der Waals surface area contributed by atoms with E-state index in [0.29, 0.717) is 37.0 Å². The van der Waals surface area contributed by atoms with Gasteiger partial charge < -0.3 is 15.1 Å². The molecule has 1 aromatic heterocycles. The van der Waals surface area contributed by atoms with Gasteiger partial charge in [0.2, 0.25) is 0 Å². The Morgan fingerprint density at radius 1 is 1.00 bits per heavy atom. The summed E-state index contributed by atoms with van der Waals surface area (Å²) in [6, 6.07) is 13.3. The van der Waals surface area contributed by atoms with Gasteiger partial charge in [-0.25, -0.2) is 19.2 Å². The van der Waals surface area contributed by atoms with E-state index in [0.717, 1.165) is 22.6 Å². The number of para-hydroxylation sites is 1. The molecule has 8 heteroatoms. The third-order valence-corrected chi connectivity index (χ3v) is 5.70. The molecule has 1 saturated heterocycles. The Hall–Kier alpha value is -3.19. The standard InChI is InChI=1S/C23H23ClFN5O/c1-15-16(2)26-21(17-7-9-18(24)10-8-17)28-22(15)29-11-13-30(14-12-29)23(31)27-20-6-4-3-5-19(20)25/h3-10H,11-14H2,1-2H3,(H,27,31). The van der Waals surface area contributed by atoms with E-state index in [1.165, 1.54) is 6.07 Å². The largest absolute Gasteiger partial charge is 0.353 e. The van der Waals surface area contributed by atoms with Crippen molar-refractivity contribution in [3.05, 3.63) is 70.6 Å². The van der Waals surface area contributed by atoms with Gasteiger partial charge in [0.1, 0.15) is 11.6 Å². The fraction of sp³-hybridized carbons (Fsp3) is 0.261. The zero-order valence-electron chi connectivity index (χ0n) is 17.4. The summed E-state index contributed by atoms with van der Waals surface area (Å²) in [6.07, 6.45) is 0. The number of hydrogen-bond donors (Lipinski definition) is 1. The second-order valence-corrected chi connectivity index (χ2v) is 7.91. The molecule has 2 heterocycles. The summed E-state index contributed by atoms with van der Waals surface area (Å²) in [5.74, 6) is 1.07. The lowest BCUT2D eigenvalue weighted by Crippen LogP contribution is -2.50. The molecule has 1 aliphatic heterocycles. The zero-order chi connectivity index (χ0) is 22.0. The first-order valence-corrected chi connectivity index (χ1v) is 10.5. The van der Waals surface area contributed by atoms with Crippen molar-refractivity contribution in [2.45, 2.75) is 13.8 Å². The van der Waals surface area contributed by atoms with Gasteiger partial charge in [0.05, 0.1) is 5.69 Å². The van der Waals surface area contributed by atoms with Crippen molar-refractivity contribution >= 4 is 29.1 Å². The highest BCUT2D eigenvalue weighted by Crippen LogP contribution is 2.26. The molecule has 0 unspecified atom stereocenters. The van der Waals surface area contributed by atoms with E-state index in [4.69, 9.17) is 16.6 Å². The van der Waals surface area contributed by atoms with Gasteiger partial charge in [-0.15, -0.1) is 0 Å². The zero-order valence-corrected chi connectivity index (χ0v) is 18.2. The Balaban J connectivity index is 1.47. The van der Waals surface area contributed by atoms with E-state index >= 15 is 0 Å². The summed E-state index contributed by atoms with van der Waals surface area (Å²) in [5, 5.41) is 3.31. The Kier molecular flexibility index (Phi) is 6.04. The molecule has 1 fully saturated rings. The van der Waals surface area contributed by atoms with E-state index in [-0.39, 0.29) is 11.7 Å². The second-order valence-electron chi connectivity index (χ2n) is 7.47. The number of aromatic nitrogens is 2. The monoisotopic (exact) mass is 439 g/mol. The summed E-state index contributed by atoms with van der Waals surface area (Å²) in [6.45, 7) is 6.26. The van der Waals surface area contributed by atoms with E-state index in [9.17, 15) is 9.18 Å². The highest BCUT2D eigenvalue weighted by Gasteiger charge is 2.24. The number of halogens is 2. The number of piperazine rings is 1. The van der Waals surface area contributed by atoms with Crippen LogP contribution < -0.4 is 10.2 Å². The Morgan fingerprint density at radius 2 is 1.68 bits per heavy atom. The van der Waals surface area contributed by atoms with Crippen molar-refractivity contribution < 1.29 is 9.18 Å². The van der Waals surface area contributed by atoms with Crippen LogP contribution in [0.4, 0.5) is 20.7 Å². The van der Waals surface area contributed by atoms with Gasteiger partial charge in [-0.05, 0) is 50.2 Å². The molecule has 0 bridgehead atoms. The minimum atomic E-state index is -0.448. The maximum atomic E-state index is 13.8. The third kappa shape index (κ3) is 4.61. The molecule has 1 aliphatic rings. The number of nitrogens with zero attached hydrogens (tertiary/aromatic N) is 4. The molecule has 31 heavy (non-hydrogen) atoms. The van der Waals surface area contributed by atoms with Crippen molar-refractivity contribution in [2.24, 2.45) is 0 Å². The number of benzene rings is 2. The van der Waals surface area contributed by atoms with Crippen molar-refractivity contribution in [1.29, 1.82) is 0 Å². The molecule has 2 aromatic carbocycles. The molecule has 0 spiro atoms. The molecule has 4 rings (SSSR count). The highest BCUT2D eigenvalue weighted by atomic mass is 35.5. The molecule has 160 valence electrons. The minimum Gasteiger partial charge on any atom is -0.353 e. The normalized spacial score (nSPS) is 13.9. The molecule has 2 amide bonds. The lowest BCUT2D eigenvalue weighted by Gasteiger charge is -2.36. The summed E-state index contributed by atoms with van der Waals surface area (Å²) >= 11 is 6.00. The Labute approximate surface area is 185 Å². The average molecular weight is 440 g/mol. The maximum absolute atomic E-state index is 13.8. The summed E-state index contributed by atoms with van der Waals surface area (Å²) in [4.78, 5) is 25.8. The Morgan fingerprint density at radius 3 is 2.35 bits per heavy atom. The first-order chi connectivity index (χ1) is 14.9. The van der Waals surface area contributed by atoms with Crippen LogP contribution in [0.15, 0.2) is 48.5 Å². The molecule has 3 aromatic rings. The molecule has 0 aliphatic carbocycles. The quantitative estimate of drug-likeness (QED) is 0.630. The van der Waals surface area contributed by atoms with Gasteiger partial charge in [0.15, 0.2) is 5.82 Å². The molecule has 0 saturated carbocycles. The number of rotatable bonds is 3. The van der Waals surface area contributed by atoms with Gasteiger partial charge >= 0.3 is 6.03 Å². The summed E-state index contributed by atoms with van der Waals surface area (Å²) in [7, 11) is 0. The van der Waals surface area contributed by atoms with E-state index in [1.54, 1.807) is 23.1 Å². The van der Waals surface area contributed by atoms with Crippen molar-refractivity contribution in [3.63, 3.8) is 0 Å². The minimum absolute atomic E-state index is 0.185. The molecular weight excluding hydrogens is 417 g/mol. The van der Waals surface area contributed by atoms with Crippen LogP contribution in [0.5, 0.6) is 0 Å². The van der Waals surface area contributed by atoms with Gasteiger partial charge in [-0.3, -0.25) is 0 Å². The van der Waals surface area contributed by atoms with Crippen molar-refractivity contribution in [3.8, 4) is 11.4 Å². The van der Waals surface area contributed by atoms with Crippen LogP contribution in [-0.4, -0.2) is 47.1 Å². The predicted octanol–water partition coefficient (Wildman–Crippen LogP) is 4.91. The number of anilines is 2. The third-order valence-electron chi connectivity index (χ3n) is 5.45. The van der Waals surface area contributed by atoms with Crippen LogP contribution in [0.1, 0.15) is 11.3 Å². The first kappa shape index (κ1) is 21.1. The fourth-order valence-electron chi connectivity index (χ4n) is 3.53. The molecule has 1 N–H and O–H groups in total. The van der Waals surface area contributed by atoms with Crippen LogP contribution >= 0.6 is 11.6 Å². The number of nitrogens with one attached hydrogen (secondary N) is 1. The van der Waals surface area contributed by atoms with Gasteiger partial charge in [-0.1, -0.05) is 23.7 Å². The van der Waals surface area contributed by atoms with E-state index < -0.39 is 5.82 Å². The maximum Gasteiger partial charge on any atom is 0.322 e. The summed E-state index contributed by atoms with van der Waals surface area (Å²) < 4.78 is 13.8. The lowest BCUT2D eigenvalue weighted by atomic mass is 10.1. The van der Waals surface area contributed by atoms with Gasteiger partial charge in [0, 0.05) is 48.0 Å². The van der Waals surface area contributed by atoms with Crippen LogP contribution in [-0.2, 0) is 0 Å². The topological polar surface area (TPSA) is 61.4 Å². The smallest absolute Gasteiger partial charge is 0.322 e. The molecule has 0 atom stereocenters. The number of urea groups is 1. The molecule has 0 radical (unpaired) electrons. The number of aryl methyl sites for hydroxylation is 1. The van der Waals surface area contributed by atoms with E-state index in [1.807, 2.05) is 38.1 Å². The van der Waals surface area contributed by atoms with Crippen LogP contribution in [0.2, 0.25) is 5.02 Å². The van der Waals surface area contributed by atoms with Crippen LogP contribution in [0.3, 0.4) is 0 Å². The first-order valence-electron chi connectivity index (χ1n) is 10.1. The predicted molar refractivity (Wildman–Crippen MR) is 121 cm³/mol. The van der Waals surface area contributed by atoms with Crippen LogP contribution in [0, 0.1) is 19.7 Å². The Bertz CT molecular complexity index is 1100. The SMILES string of the molecule is Cc1nc(-c2ccc(Cl)cc2)nc(N2CCN(C(=O)Nc3ccccc3F)CC2)c1C. The van der Waals surface area contributed by atoms with Crippen molar-refractivity contribution in [1.82, 2.24) is 14.9 Å². The lowest BCUT2D eigenvalue weighted by molar-refractivity contribution is 0.208. The van der Waals surface area contributed by atoms with E-state index in [2.05, 4.69) is 15.2 Å².